The number of aromatic hydroxyl groups is 1. The number of phenolic OH excluding ortho intramolecular Hbond substituents is 1. The molecule has 2 rings (SSSR count). The fraction of sp³-hybridized carbons (Fsp3) is 0.267. The van der Waals surface area contributed by atoms with Gasteiger partial charge in [-0.2, -0.15) is 0 Å². The van der Waals surface area contributed by atoms with Gasteiger partial charge in [-0.15, -0.1) is 0 Å². The minimum atomic E-state index is 0.301. The molecule has 2 aromatic rings. The van der Waals surface area contributed by atoms with Crippen LogP contribution in [0, 0.1) is 0 Å². The largest absolute Gasteiger partial charge is 0.508 e. The Kier molecular flexibility index (Phi) is 3.43. The Morgan fingerprint density at radius 3 is 2.12 bits per heavy atom. The lowest BCUT2D eigenvalue weighted by Gasteiger charge is -2.07. The summed E-state index contributed by atoms with van der Waals surface area (Å²) in [4.78, 5) is 4.56. The zero-order valence-corrected chi connectivity index (χ0v) is 10.3. The van der Waals surface area contributed by atoms with Crippen LogP contribution < -0.4 is 0 Å². The summed E-state index contributed by atoms with van der Waals surface area (Å²) in [7, 11) is 0. The second-order valence-corrected chi connectivity index (χ2v) is 4.10. The van der Waals surface area contributed by atoms with Gasteiger partial charge >= 0.3 is 0 Å². The first-order valence-corrected chi connectivity index (χ1v) is 6.02. The van der Waals surface area contributed by atoms with Crippen LogP contribution in [0.1, 0.15) is 25.2 Å². The van der Waals surface area contributed by atoms with Gasteiger partial charge in [0.2, 0.25) is 0 Å². The Balaban J connectivity index is 2.50. The maximum Gasteiger partial charge on any atom is 0.116 e. The van der Waals surface area contributed by atoms with Crippen LogP contribution in [0.5, 0.6) is 5.75 Å². The molecular weight excluding hydrogens is 210 g/mol. The number of phenols is 1. The molecule has 88 valence electrons. The van der Waals surface area contributed by atoms with Crippen molar-refractivity contribution in [3.63, 3.8) is 0 Å². The van der Waals surface area contributed by atoms with E-state index >= 15 is 0 Å². The van der Waals surface area contributed by atoms with Gasteiger partial charge in [0.25, 0.3) is 0 Å². The van der Waals surface area contributed by atoms with Crippen molar-refractivity contribution in [2.24, 2.45) is 0 Å². The van der Waals surface area contributed by atoms with Crippen LogP contribution in [0.3, 0.4) is 0 Å². The topological polar surface area (TPSA) is 33.1 Å². The van der Waals surface area contributed by atoms with Gasteiger partial charge in [-0.3, -0.25) is 4.98 Å². The van der Waals surface area contributed by atoms with Crippen LogP contribution in [0.2, 0.25) is 0 Å². The highest BCUT2D eigenvalue weighted by atomic mass is 16.3. The number of pyridine rings is 1. The van der Waals surface area contributed by atoms with Gasteiger partial charge in [0.15, 0.2) is 0 Å². The predicted molar refractivity (Wildman–Crippen MR) is 70.1 cm³/mol. The van der Waals surface area contributed by atoms with Crippen LogP contribution in [-0.4, -0.2) is 10.1 Å². The van der Waals surface area contributed by atoms with Crippen molar-refractivity contribution in [3.05, 3.63) is 47.8 Å². The summed E-state index contributed by atoms with van der Waals surface area (Å²) in [5.41, 5.74) is 4.37. The first kappa shape index (κ1) is 11.6. The van der Waals surface area contributed by atoms with Gasteiger partial charge in [0.1, 0.15) is 5.75 Å². The van der Waals surface area contributed by atoms with E-state index in [-0.39, 0.29) is 0 Å². The molecule has 0 unspecified atom stereocenters. The number of benzene rings is 1. The highest BCUT2D eigenvalue weighted by molar-refractivity contribution is 5.65. The normalized spacial score (nSPS) is 10.5. The Morgan fingerprint density at radius 1 is 0.941 bits per heavy atom. The van der Waals surface area contributed by atoms with Gasteiger partial charge in [-0.25, -0.2) is 0 Å². The number of aryl methyl sites for hydroxylation is 2. The molecule has 0 aliphatic heterocycles. The van der Waals surface area contributed by atoms with Crippen LogP contribution in [-0.2, 0) is 12.8 Å². The highest BCUT2D eigenvalue weighted by Gasteiger charge is 2.03. The third-order valence-corrected chi connectivity index (χ3v) is 2.84. The number of aromatic nitrogens is 1. The molecule has 1 aromatic carbocycles. The zero-order chi connectivity index (χ0) is 12.3. The molecule has 0 spiro atoms. The molecule has 0 saturated heterocycles. The van der Waals surface area contributed by atoms with Crippen molar-refractivity contribution in [1.29, 1.82) is 0 Å². The summed E-state index contributed by atoms with van der Waals surface area (Å²) < 4.78 is 0. The average Bonchev–Trinajstić information content (AvgIpc) is 2.38. The van der Waals surface area contributed by atoms with Gasteiger partial charge in [0, 0.05) is 11.4 Å². The van der Waals surface area contributed by atoms with Crippen LogP contribution in [0.4, 0.5) is 0 Å². The minimum absolute atomic E-state index is 0.301. The lowest BCUT2D eigenvalue weighted by molar-refractivity contribution is 0.475. The van der Waals surface area contributed by atoms with Crippen LogP contribution in [0.25, 0.3) is 11.1 Å². The fourth-order valence-electron chi connectivity index (χ4n) is 1.86. The lowest BCUT2D eigenvalue weighted by Crippen LogP contribution is -1.94. The number of hydrogen-bond acceptors (Lipinski definition) is 2. The molecule has 2 heteroatoms. The predicted octanol–water partition coefficient (Wildman–Crippen LogP) is 3.58. The quantitative estimate of drug-likeness (QED) is 0.869. The van der Waals surface area contributed by atoms with Gasteiger partial charge < -0.3 is 5.11 Å². The lowest BCUT2D eigenvalue weighted by atomic mass is 10.0. The molecule has 0 fully saturated rings. The van der Waals surface area contributed by atoms with Crippen LogP contribution >= 0.6 is 0 Å². The average molecular weight is 227 g/mol. The van der Waals surface area contributed by atoms with Gasteiger partial charge in [-0.1, -0.05) is 26.0 Å². The fourth-order valence-corrected chi connectivity index (χ4v) is 1.86. The smallest absolute Gasteiger partial charge is 0.116 e. The molecule has 17 heavy (non-hydrogen) atoms. The summed E-state index contributed by atoms with van der Waals surface area (Å²) in [6.45, 7) is 4.21. The Bertz CT molecular complexity index is 498. The van der Waals surface area contributed by atoms with Crippen molar-refractivity contribution in [2.75, 3.05) is 0 Å². The maximum atomic E-state index is 9.51. The molecule has 0 aliphatic carbocycles. The number of hydrogen-bond donors (Lipinski definition) is 1. The molecule has 0 radical (unpaired) electrons. The molecule has 0 bridgehead atoms. The van der Waals surface area contributed by atoms with E-state index in [0.717, 1.165) is 35.4 Å². The number of rotatable bonds is 3. The summed E-state index contributed by atoms with van der Waals surface area (Å²) in [6, 6.07) is 11.5. The van der Waals surface area contributed by atoms with Crippen molar-refractivity contribution in [1.82, 2.24) is 4.98 Å². The second-order valence-electron chi connectivity index (χ2n) is 4.10. The van der Waals surface area contributed by atoms with Crippen molar-refractivity contribution in [2.45, 2.75) is 26.7 Å². The van der Waals surface area contributed by atoms with Crippen molar-refractivity contribution >= 4 is 0 Å². The third kappa shape index (κ3) is 2.64. The molecule has 0 atom stereocenters. The summed E-state index contributed by atoms with van der Waals surface area (Å²) in [5.74, 6) is 0.301. The van der Waals surface area contributed by atoms with Gasteiger partial charge in [0.05, 0.1) is 0 Å². The molecule has 0 amide bonds. The third-order valence-electron chi connectivity index (χ3n) is 2.84. The van der Waals surface area contributed by atoms with E-state index in [4.69, 9.17) is 0 Å². The minimum Gasteiger partial charge on any atom is -0.508 e. The van der Waals surface area contributed by atoms with E-state index in [2.05, 4.69) is 31.0 Å². The molecule has 0 saturated carbocycles. The maximum absolute atomic E-state index is 9.51. The van der Waals surface area contributed by atoms with Crippen molar-refractivity contribution in [3.8, 4) is 16.9 Å². The van der Waals surface area contributed by atoms with Crippen LogP contribution in [0.15, 0.2) is 36.4 Å². The first-order valence-electron chi connectivity index (χ1n) is 6.02. The summed E-state index contributed by atoms with van der Waals surface area (Å²) in [6.07, 6.45) is 1.86. The first-order chi connectivity index (χ1) is 8.22. The summed E-state index contributed by atoms with van der Waals surface area (Å²) in [5, 5.41) is 9.51. The Hall–Kier alpha value is -1.83. The van der Waals surface area contributed by atoms with E-state index in [9.17, 15) is 5.11 Å². The molecule has 1 aromatic heterocycles. The molecular formula is C15H17NO. The molecule has 1 N–H and O–H groups in total. The Labute approximate surface area is 102 Å². The molecule has 1 heterocycles. The Morgan fingerprint density at radius 2 is 1.59 bits per heavy atom. The van der Waals surface area contributed by atoms with E-state index in [0.29, 0.717) is 5.75 Å². The van der Waals surface area contributed by atoms with E-state index in [1.807, 2.05) is 12.1 Å². The zero-order valence-electron chi connectivity index (χ0n) is 10.3. The summed E-state index contributed by atoms with van der Waals surface area (Å²) >= 11 is 0. The monoisotopic (exact) mass is 227 g/mol. The standard InChI is InChI=1S/C15H17NO/c1-3-13-8-12(9-14(4-2)16-13)11-6-5-7-15(17)10-11/h5-10,17H,3-4H2,1-2H3. The second kappa shape index (κ2) is 5.00. The van der Waals surface area contributed by atoms with Gasteiger partial charge in [-0.05, 0) is 48.2 Å². The highest BCUT2D eigenvalue weighted by Crippen LogP contribution is 2.24. The van der Waals surface area contributed by atoms with E-state index < -0.39 is 0 Å². The van der Waals surface area contributed by atoms with Crippen molar-refractivity contribution < 1.29 is 5.11 Å². The SMILES string of the molecule is CCc1cc(-c2cccc(O)c2)cc(CC)n1. The van der Waals surface area contributed by atoms with E-state index in [1.165, 1.54) is 0 Å². The van der Waals surface area contributed by atoms with E-state index in [1.54, 1.807) is 12.1 Å². The number of nitrogens with zero attached hydrogens (tertiary/aromatic N) is 1. The molecule has 2 nitrogen and oxygen atoms in total. The molecule has 0 aliphatic rings.